The number of ether oxygens (including phenoxy) is 1. The summed E-state index contributed by atoms with van der Waals surface area (Å²) in [6, 6.07) is 2.75. The third-order valence-corrected chi connectivity index (χ3v) is 4.40. The largest absolute Gasteiger partial charge is 0.504 e. The first kappa shape index (κ1) is 21.3. The summed E-state index contributed by atoms with van der Waals surface area (Å²) in [7, 11) is 1.42. The van der Waals surface area contributed by atoms with E-state index in [0.717, 1.165) is 0 Å². The number of phenols is 1. The number of piperazine rings is 1. The number of nitrogens with one attached hydrogen (secondary N) is 1. The summed E-state index contributed by atoms with van der Waals surface area (Å²) in [5.41, 5.74) is 0.461. The van der Waals surface area contributed by atoms with Crippen molar-refractivity contribution in [1.82, 2.24) is 10.2 Å². The monoisotopic (exact) mass is 432 g/mol. The van der Waals surface area contributed by atoms with Gasteiger partial charge < -0.3 is 15.2 Å². The summed E-state index contributed by atoms with van der Waals surface area (Å²) in [4.78, 5) is 1.98. The Morgan fingerprint density at radius 3 is 2.50 bits per heavy atom. The van der Waals surface area contributed by atoms with Crippen LogP contribution in [-0.4, -0.2) is 49.5 Å². The Bertz CT molecular complexity index is 540. The Hall–Kier alpha value is -0.700. The second kappa shape index (κ2) is 9.12. The van der Waals surface area contributed by atoms with Gasteiger partial charge in [-0.1, -0.05) is 15.9 Å². The van der Waals surface area contributed by atoms with Gasteiger partial charge in [-0.05, 0) is 18.6 Å². The fourth-order valence-electron chi connectivity index (χ4n) is 2.83. The minimum atomic E-state index is -4.22. The van der Waals surface area contributed by atoms with Crippen LogP contribution in [0.1, 0.15) is 24.4 Å². The van der Waals surface area contributed by atoms with E-state index in [4.69, 9.17) is 4.74 Å². The van der Waals surface area contributed by atoms with Crippen LogP contribution in [0.15, 0.2) is 16.6 Å². The van der Waals surface area contributed by atoms with Crippen LogP contribution in [0.3, 0.4) is 0 Å². The van der Waals surface area contributed by atoms with E-state index in [9.17, 15) is 18.3 Å². The number of halogens is 5. The second-order valence-electron chi connectivity index (χ2n) is 5.50. The Labute approximate surface area is 153 Å². The van der Waals surface area contributed by atoms with Crippen molar-refractivity contribution < 1.29 is 23.0 Å². The number of aromatic hydroxyl groups is 1. The molecular formula is C15H21BrClF3N2O2. The van der Waals surface area contributed by atoms with Crippen molar-refractivity contribution in [2.45, 2.75) is 25.1 Å². The third kappa shape index (κ3) is 5.68. The molecule has 1 saturated heterocycles. The lowest BCUT2D eigenvalue weighted by Gasteiger charge is -2.36. The number of methoxy groups -OCH3 is 1. The average molecular weight is 434 g/mol. The summed E-state index contributed by atoms with van der Waals surface area (Å²) < 4.78 is 43.9. The van der Waals surface area contributed by atoms with Gasteiger partial charge in [0, 0.05) is 48.7 Å². The van der Waals surface area contributed by atoms with Crippen LogP contribution in [0.5, 0.6) is 11.5 Å². The molecule has 1 fully saturated rings. The third-order valence-electron chi connectivity index (χ3n) is 3.94. The Kier molecular flexibility index (Phi) is 8.11. The number of phenolic OH excluding ortho intramolecular Hbond substituents is 1. The molecule has 1 aliphatic rings. The predicted molar refractivity (Wildman–Crippen MR) is 92.1 cm³/mol. The summed E-state index contributed by atoms with van der Waals surface area (Å²) in [5, 5.41) is 13.6. The highest BCUT2D eigenvalue weighted by Crippen LogP contribution is 2.41. The van der Waals surface area contributed by atoms with Crippen molar-refractivity contribution >= 4 is 28.3 Å². The van der Waals surface area contributed by atoms with E-state index < -0.39 is 18.6 Å². The van der Waals surface area contributed by atoms with E-state index in [1.807, 2.05) is 4.90 Å². The van der Waals surface area contributed by atoms with Crippen molar-refractivity contribution in [2.24, 2.45) is 0 Å². The lowest BCUT2D eigenvalue weighted by Crippen LogP contribution is -2.45. The molecule has 24 heavy (non-hydrogen) atoms. The molecule has 0 radical (unpaired) electrons. The van der Waals surface area contributed by atoms with Crippen LogP contribution in [-0.2, 0) is 0 Å². The first-order chi connectivity index (χ1) is 10.8. The van der Waals surface area contributed by atoms with Crippen molar-refractivity contribution in [2.75, 3.05) is 33.3 Å². The standard InChI is InChI=1S/C15H20BrF3N2O2.ClH/c1-23-13-9-10(16)8-11(14(13)22)12(2-3-15(17,18)19)21-6-4-20-5-7-21;/h8-9,12,20,22H,2-7H2,1H3;1H/t12-;/m1./s1. The van der Waals surface area contributed by atoms with Crippen LogP contribution in [0.2, 0.25) is 0 Å². The highest BCUT2D eigenvalue weighted by Gasteiger charge is 2.33. The molecule has 138 valence electrons. The Morgan fingerprint density at radius 2 is 1.96 bits per heavy atom. The number of alkyl halides is 3. The van der Waals surface area contributed by atoms with Crippen LogP contribution in [0, 0.1) is 0 Å². The van der Waals surface area contributed by atoms with Gasteiger partial charge in [0.25, 0.3) is 0 Å². The Balaban J connectivity index is 0.00000288. The van der Waals surface area contributed by atoms with Gasteiger partial charge in [-0.25, -0.2) is 0 Å². The van der Waals surface area contributed by atoms with Crippen LogP contribution in [0.4, 0.5) is 13.2 Å². The molecule has 4 nitrogen and oxygen atoms in total. The number of nitrogens with zero attached hydrogens (tertiary/aromatic N) is 1. The van der Waals surface area contributed by atoms with Crippen molar-refractivity contribution in [1.29, 1.82) is 0 Å². The topological polar surface area (TPSA) is 44.7 Å². The molecule has 0 unspecified atom stereocenters. The molecule has 1 aromatic carbocycles. The SMILES string of the molecule is COc1cc(Br)cc([C@@H](CCC(F)(F)F)N2CCNCC2)c1O.Cl. The predicted octanol–water partition coefficient (Wildman–Crippen LogP) is 3.87. The van der Waals surface area contributed by atoms with E-state index in [1.165, 1.54) is 7.11 Å². The zero-order valence-electron chi connectivity index (χ0n) is 13.2. The fraction of sp³-hybridized carbons (Fsp3) is 0.600. The van der Waals surface area contributed by atoms with Crippen molar-refractivity contribution in [3.8, 4) is 11.5 Å². The summed E-state index contributed by atoms with van der Waals surface area (Å²) in [6.45, 7) is 2.70. The van der Waals surface area contributed by atoms with E-state index in [0.29, 0.717) is 36.2 Å². The highest BCUT2D eigenvalue weighted by atomic mass is 79.9. The van der Waals surface area contributed by atoms with Crippen LogP contribution < -0.4 is 10.1 Å². The molecule has 2 rings (SSSR count). The minimum Gasteiger partial charge on any atom is -0.504 e. The average Bonchev–Trinajstić information content (AvgIpc) is 2.50. The Morgan fingerprint density at radius 1 is 1.33 bits per heavy atom. The van der Waals surface area contributed by atoms with Crippen molar-refractivity contribution in [3.05, 3.63) is 22.2 Å². The van der Waals surface area contributed by atoms with E-state index in [1.54, 1.807) is 12.1 Å². The van der Waals surface area contributed by atoms with Gasteiger partial charge in [-0.2, -0.15) is 13.2 Å². The summed E-state index contributed by atoms with van der Waals surface area (Å²) in [6.07, 6.45) is -5.22. The normalized spacial score (nSPS) is 17.2. The molecule has 1 aromatic rings. The molecule has 2 N–H and O–H groups in total. The fourth-order valence-corrected chi connectivity index (χ4v) is 3.29. The van der Waals surface area contributed by atoms with E-state index >= 15 is 0 Å². The van der Waals surface area contributed by atoms with Gasteiger partial charge in [-0.3, -0.25) is 4.90 Å². The molecule has 1 atom stereocenters. The maximum atomic E-state index is 12.7. The van der Waals surface area contributed by atoms with E-state index in [-0.39, 0.29) is 30.3 Å². The van der Waals surface area contributed by atoms with Gasteiger partial charge in [0.2, 0.25) is 0 Å². The molecule has 0 saturated carbocycles. The molecule has 9 heteroatoms. The molecule has 0 aliphatic carbocycles. The summed E-state index contributed by atoms with van der Waals surface area (Å²) in [5.74, 6) is 0.155. The molecule has 0 spiro atoms. The highest BCUT2D eigenvalue weighted by molar-refractivity contribution is 9.10. The summed E-state index contributed by atoms with van der Waals surface area (Å²) >= 11 is 3.33. The molecule has 1 heterocycles. The second-order valence-corrected chi connectivity index (χ2v) is 6.42. The number of hydrogen-bond donors (Lipinski definition) is 2. The number of benzene rings is 1. The minimum absolute atomic E-state index is 0. The lowest BCUT2D eigenvalue weighted by molar-refractivity contribution is -0.138. The molecular weight excluding hydrogens is 413 g/mol. The van der Waals surface area contributed by atoms with Crippen LogP contribution >= 0.6 is 28.3 Å². The first-order valence-electron chi connectivity index (χ1n) is 7.39. The maximum Gasteiger partial charge on any atom is 0.389 e. The zero-order chi connectivity index (χ0) is 17.0. The number of hydrogen-bond acceptors (Lipinski definition) is 4. The van der Waals surface area contributed by atoms with Gasteiger partial charge in [0.15, 0.2) is 11.5 Å². The quantitative estimate of drug-likeness (QED) is 0.740. The van der Waals surface area contributed by atoms with Gasteiger partial charge in [0.1, 0.15) is 0 Å². The maximum absolute atomic E-state index is 12.7. The molecule has 0 bridgehead atoms. The van der Waals surface area contributed by atoms with Gasteiger partial charge in [0.05, 0.1) is 7.11 Å². The molecule has 0 amide bonds. The molecule has 0 aromatic heterocycles. The van der Waals surface area contributed by atoms with E-state index in [2.05, 4.69) is 21.2 Å². The zero-order valence-corrected chi connectivity index (χ0v) is 15.6. The first-order valence-corrected chi connectivity index (χ1v) is 8.19. The van der Waals surface area contributed by atoms with Gasteiger partial charge >= 0.3 is 6.18 Å². The van der Waals surface area contributed by atoms with Gasteiger partial charge in [-0.15, -0.1) is 12.4 Å². The molecule has 1 aliphatic heterocycles. The lowest BCUT2D eigenvalue weighted by atomic mass is 9.98. The van der Waals surface area contributed by atoms with Crippen molar-refractivity contribution in [3.63, 3.8) is 0 Å². The smallest absolute Gasteiger partial charge is 0.389 e. The number of rotatable bonds is 5. The van der Waals surface area contributed by atoms with Crippen LogP contribution in [0.25, 0.3) is 0 Å².